The quantitative estimate of drug-likeness (QED) is 0.908. The molecule has 0 bridgehead atoms. The molecular formula is C16H19F2NO3. The summed E-state index contributed by atoms with van der Waals surface area (Å²) in [6.45, 7) is -0.676. The zero-order valence-corrected chi connectivity index (χ0v) is 12.2. The molecular weight excluding hydrogens is 292 g/mol. The van der Waals surface area contributed by atoms with Crippen molar-refractivity contribution in [2.75, 3.05) is 13.1 Å². The molecule has 1 aliphatic heterocycles. The SMILES string of the molecule is O=C(O)C1CC12CCN(Cc1ccccc1OC(F)F)CC2. The first-order valence-corrected chi connectivity index (χ1v) is 7.48. The Morgan fingerprint density at radius 3 is 2.64 bits per heavy atom. The van der Waals surface area contributed by atoms with Gasteiger partial charge in [0.25, 0.3) is 0 Å². The minimum atomic E-state index is -2.83. The summed E-state index contributed by atoms with van der Waals surface area (Å²) >= 11 is 0. The summed E-state index contributed by atoms with van der Waals surface area (Å²) in [5.74, 6) is -0.666. The summed E-state index contributed by atoms with van der Waals surface area (Å²) in [6.07, 6.45) is 2.50. The molecule has 6 heteroatoms. The number of benzene rings is 1. The normalized spacial score (nSPS) is 23.7. The maximum atomic E-state index is 12.4. The Labute approximate surface area is 127 Å². The highest BCUT2D eigenvalue weighted by molar-refractivity contribution is 5.74. The van der Waals surface area contributed by atoms with Crippen LogP contribution in [0.5, 0.6) is 5.75 Å². The first-order valence-electron chi connectivity index (χ1n) is 7.48. The van der Waals surface area contributed by atoms with Gasteiger partial charge in [-0.3, -0.25) is 9.69 Å². The minimum Gasteiger partial charge on any atom is -0.481 e. The Kier molecular flexibility index (Phi) is 4.04. The van der Waals surface area contributed by atoms with Gasteiger partial charge in [0.05, 0.1) is 5.92 Å². The van der Waals surface area contributed by atoms with Gasteiger partial charge in [-0.05, 0) is 43.8 Å². The molecule has 0 aromatic heterocycles. The second-order valence-corrected chi connectivity index (χ2v) is 6.22. The van der Waals surface area contributed by atoms with Crippen LogP contribution in [0.25, 0.3) is 0 Å². The van der Waals surface area contributed by atoms with Gasteiger partial charge in [0, 0.05) is 12.1 Å². The molecule has 1 heterocycles. The highest BCUT2D eigenvalue weighted by atomic mass is 19.3. The molecule has 3 rings (SSSR count). The van der Waals surface area contributed by atoms with Gasteiger partial charge in [0.2, 0.25) is 0 Å². The molecule has 1 atom stereocenters. The van der Waals surface area contributed by atoms with Crippen molar-refractivity contribution < 1.29 is 23.4 Å². The van der Waals surface area contributed by atoms with Gasteiger partial charge in [-0.1, -0.05) is 18.2 Å². The molecule has 22 heavy (non-hydrogen) atoms. The number of para-hydroxylation sites is 1. The maximum Gasteiger partial charge on any atom is 0.387 e. The molecule has 1 spiro atoms. The topological polar surface area (TPSA) is 49.8 Å². The summed E-state index contributed by atoms with van der Waals surface area (Å²) in [7, 11) is 0. The van der Waals surface area contributed by atoms with Gasteiger partial charge < -0.3 is 9.84 Å². The summed E-state index contributed by atoms with van der Waals surface area (Å²) in [5, 5.41) is 9.09. The smallest absolute Gasteiger partial charge is 0.387 e. The van der Waals surface area contributed by atoms with Gasteiger partial charge in [-0.2, -0.15) is 8.78 Å². The summed E-state index contributed by atoms with van der Waals surface area (Å²) < 4.78 is 29.4. The van der Waals surface area contributed by atoms with E-state index in [1.54, 1.807) is 24.3 Å². The number of carboxylic acids is 1. The third-order valence-corrected chi connectivity index (χ3v) is 4.92. The molecule has 1 N–H and O–H groups in total. The predicted molar refractivity (Wildman–Crippen MR) is 75.8 cm³/mol. The molecule has 1 aromatic rings. The number of nitrogens with zero attached hydrogens (tertiary/aromatic N) is 1. The van der Waals surface area contributed by atoms with Crippen LogP contribution in [0.2, 0.25) is 0 Å². The molecule has 4 nitrogen and oxygen atoms in total. The molecule has 1 aromatic carbocycles. The summed E-state index contributed by atoms with van der Waals surface area (Å²) in [6, 6.07) is 6.82. The Balaban J connectivity index is 1.59. The van der Waals surface area contributed by atoms with E-state index in [1.165, 1.54) is 0 Å². The number of carbonyl (C=O) groups is 1. The van der Waals surface area contributed by atoms with Crippen LogP contribution in [0.1, 0.15) is 24.8 Å². The number of piperidine rings is 1. The lowest BCUT2D eigenvalue weighted by atomic mass is 9.90. The standard InChI is InChI=1S/C16H19F2NO3/c17-15(18)22-13-4-2-1-3-11(13)10-19-7-5-16(6-8-19)9-12(16)14(20)21/h1-4,12,15H,5-10H2,(H,20,21). The fraction of sp³-hybridized carbons (Fsp3) is 0.562. The zero-order valence-electron chi connectivity index (χ0n) is 12.2. The van der Waals surface area contributed by atoms with E-state index in [-0.39, 0.29) is 17.1 Å². The van der Waals surface area contributed by atoms with E-state index in [2.05, 4.69) is 9.64 Å². The first-order chi connectivity index (χ1) is 10.5. The second kappa shape index (κ2) is 5.83. The van der Waals surface area contributed by atoms with E-state index in [1.807, 2.05) is 0 Å². The van der Waals surface area contributed by atoms with Gasteiger partial charge in [0.1, 0.15) is 5.75 Å². The summed E-state index contributed by atoms with van der Waals surface area (Å²) in [5.41, 5.74) is 0.728. The molecule has 0 radical (unpaired) electrons. The fourth-order valence-corrected chi connectivity index (χ4v) is 3.49. The number of aliphatic carboxylic acids is 1. The lowest BCUT2D eigenvalue weighted by Crippen LogP contribution is -2.35. The molecule has 1 saturated carbocycles. The van der Waals surface area contributed by atoms with Gasteiger partial charge in [0.15, 0.2) is 0 Å². The van der Waals surface area contributed by atoms with E-state index in [4.69, 9.17) is 5.11 Å². The van der Waals surface area contributed by atoms with Crippen molar-refractivity contribution in [1.82, 2.24) is 4.90 Å². The molecule has 2 fully saturated rings. The number of halogens is 2. The third-order valence-electron chi connectivity index (χ3n) is 4.92. The molecule has 0 amide bonds. The lowest BCUT2D eigenvalue weighted by molar-refractivity contribution is -0.139. The third kappa shape index (κ3) is 3.06. The second-order valence-electron chi connectivity index (χ2n) is 6.22. The van der Waals surface area contributed by atoms with Crippen LogP contribution in [-0.4, -0.2) is 35.7 Å². The highest BCUT2D eigenvalue weighted by Gasteiger charge is 2.58. The zero-order chi connectivity index (χ0) is 15.7. The lowest BCUT2D eigenvalue weighted by Gasteiger charge is -2.32. The van der Waals surface area contributed by atoms with Crippen LogP contribution in [0, 0.1) is 11.3 Å². The van der Waals surface area contributed by atoms with Crippen molar-refractivity contribution in [3.05, 3.63) is 29.8 Å². The largest absolute Gasteiger partial charge is 0.481 e. The Morgan fingerprint density at radius 1 is 1.36 bits per heavy atom. The van der Waals surface area contributed by atoms with Gasteiger partial charge in [-0.25, -0.2) is 0 Å². The van der Waals surface area contributed by atoms with Crippen molar-refractivity contribution in [2.24, 2.45) is 11.3 Å². The maximum absolute atomic E-state index is 12.4. The molecule has 1 aliphatic carbocycles. The summed E-state index contributed by atoms with van der Waals surface area (Å²) in [4.78, 5) is 13.2. The minimum absolute atomic E-state index is 0.0126. The Morgan fingerprint density at radius 2 is 2.05 bits per heavy atom. The van der Waals surface area contributed by atoms with Crippen LogP contribution < -0.4 is 4.74 Å². The van der Waals surface area contributed by atoms with Crippen molar-refractivity contribution in [3.63, 3.8) is 0 Å². The Hall–Kier alpha value is -1.69. The van der Waals surface area contributed by atoms with Crippen molar-refractivity contribution in [2.45, 2.75) is 32.4 Å². The molecule has 2 aliphatic rings. The van der Waals surface area contributed by atoms with Crippen LogP contribution in [0.15, 0.2) is 24.3 Å². The van der Waals surface area contributed by atoms with Gasteiger partial charge >= 0.3 is 12.6 Å². The predicted octanol–water partition coefficient (Wildman–Crippen LogP) is 2.97. The van der Waals surface area contributed by atoms with E-state index in [9.17, 15) is 13.6 Å². The number of hydrogen-bond donors (Lipinski definition) is 1. The van der Waals surface area contributed by atoms with Gasteiger partial charge in [-0.15, -0.1) is 0 Å². The van der Waals surface area contributed by atoms with Crippen LogP contribution >= 0.6 is 0 Å². The molecule has 1 unspecified atom stereocenters. The first kappa shape index (κ1) is 15.2. The monoisotopic (exact) mass is 311 g/mol. The number of hydrogen-bond acceptors (Lipinski definition) is 3. The Bertz CT molecular complexity index is 556. The number of carboxylic acid groups (broad SMARTS) is 1. The fourth-order valence-electron chi connectivity index (χ4n) is 3.49. The van der Waals surface area contributed by atoms with Crippen molar-refractivity contribution >= 4 is 5.97 Å². The molecule has 1 saturated heterocycles. The average molecular weight is 311 g/mol. The van der Waals surface area contributed by atoms with Crippen LogP contribution in [0.4, 0.5) is 8.78 Å². The molecule has 120 valence electrons. The average Bonchev–Trinajstić information content (AvgIpc) is 3.18. The van der Waals surface area contributed by atoms with E-state index in [0.29, 0.717) is 6.54 Å². The number of likely N-dealkylation sites (tertiary alicyclic amines) is 1. The highest BCUT2D eigenvalue weighted by Crippen LogP contribution is 2.59. The number of ether oxygens (including phenoxy) is 1. The van der Waals surface area contributed by atoms with Crippen LogP contribution in [-0.2, 0) is 11.3 Å². The van der Waals surface area contributed by atoms with E-state index < -0.39 is 12.6 Å². The van der Waals surface area contributed by atoms with Crippen molar-refractivity contribution in [1.29, 1.82) is 0 Å². The van der Waals surface area contributed by atoms with Crippen molar-refractivity contribution in [3.8, 4) is 5.75 Å². The number of alkyl halides is 2. The van der Waals surface area contributed by atoms with E-state index >= 15 is 0 Å². The van der Waals surface area contributed by atoms with E-state index in [0.717, 1.165) is 37.9 Å². The van der Waals surface area contributed by atoms with Crippen LogP contribution in [0.3, 0.4) is 0 Å². The number of rotatable bonds is 5.